The van der Waals surface area contributed by atoms with Gasteiger partial charge in [-0.15, -0.1) is 0 Å². The van der Waals surface area contributed by atoms with Crippen LogP contribution in [-0.2, 0) is 0 Å². The smallest absolute Gasteiger partial charge is 0.264 e. The summed E-state index contributed by atoms with van der Waals surface area (Å²) in [5, 5.41) is 3.57. The van der Waals surface area contributed by atoms with E-state index in [1.165, 1.54) is 12.1 Å². The van der Waals surface area contributed by atoms with Crippen molar-refractivity contribution in [3.8, 4) is 11.5 Å². The highest BCUT2D eigenvalue weighted by Crippen LogP contribution is 2.27. The van der Waals surface area contributed by atoms with Gasteiger partial charge in [-0.25, -0.2) is 4.39 Å². The van der Waals surface area contributed by atoms with E-state index in [-0.39, 0.29) is 16.2 Å². The molecule has 0 aliphatic rings. The Morgan fingerprint density at radius 1 is 1.29 bits per heavy atom. The van der Waals surface area contributed by atoms with Crippen LogP contribution in [0.1, 0.15) is 0 Å². The molecular formula is C8H3Cl2FN2O. The minimum atomic E-state index is -0.427. The molecule has 2 aromatic rings. The fourth-order valence-electron chi connectivity index (χ4n) is 0.978. The Kier molecular flexibility index (Phi) is 2.39. The number of halogens is 3. The fraction of sp³-hybridized carbons (Fsp3) is 0. The second kappa shape index (κ2) is 3.55. The summed E-state index contributed by atoms with van der Waals surface area (Å²) in [6.07, 6.45) is 0. The molecule has 0 fully saturated rings. The lowest BCUT2D eigenvalue weighted by atomic mass is 10.2. The minimum absolute atomic E-state index is 0.0135. The first-order valence-electron chi connectivity index (χ1n) is 3.61. The van der Waals surface area contributed by atoms with E-state index in [4.69, 9.17) is 27.7 Å². The van der Waals surface area contributed by atoms with Crippen molar-refractivity contribution in [1.82, 2.24) is 10.1 Å². The molecule has 0 atom stereocenters. The molecular weight excluding hydrogens is 230 g/mol. The lowest BCUT2D eigenvalue weighted by Gasteiger charge is -1.97. The highest BCUT2D eigenvalue weighted by Gasteiger charge is 2.11. The summed E-state index contributed by atoms with van der Waals surface area (Å²) in [5.74, 6) is -0.260. The maximum absolute atomic E-state index is 12.7. The van der Waals surface area contributed by atoms with Crippen LogP contribution in [0, 0.1) is 5.82 Å². The lowest BCUT2D eigenvalue weighted by Crippen LogP contribution is -1.81. The summed E-state index contributed by atoms with van der Waals surface area (Å²) in [7, 11) is 0. The van der Waals surface area contributed by atoms with Gasteiger partial charge in [0, 0.05) is 0 Å². The molecule has 0 amide bonds. The van der Waals surface area contributed by atoms with E-state index in [0.29, 0.717) is 5.56 Å². The van der Waals surface area contributed by atoms with Gasteiger partial charge in [0.25, 0.3) is 11.2 Å². The monoisotopic (exact) mass is 232 g/mol. The van der Waals surface area contributed by atoms with Gasteiger partial charge in [0.1, 0.15) is 5.82 Å². The molecule has 0 spiro atoms. The molecule has 3 nitrogen and oxygen atoms in total. The van der Waals surface area contributed by atoms with E-state index >= 15 is 0 Å². The van der Waals surface area contributed by atoms with Gasteiger partial charge >= 0.3 is 0 Å². The van der Waals surface area contributed by atoms with Crippen LogP contribution in [0.15, 0.2) is 22.7 Å². The SMILES string of the molecule is Fc1ccc(-c2nc(Cl)no2)c(Cl)c1. The summed E-state index contributed by atoms with van der Waals surface area (Å²) in [6.45, 7) is 0. The van der Waals surface area contributed by atoms with Gasteiger partial charge in [0.15, 0.2) is 0 Å². The Labute approximate surface area is 88.4 Å². The molecule has 0 aliphatic carbocycles. The first-order chi connectivity index (χ1) is 6.66. The van der Waals surface area contributed by atoms with Crippen LogP contribution in [0.25, 0.3) is 11.5 Å². The van der Waals surface area contributed by atoms with Gasteiger partial charge in [-0.1, -0.05) is 11.6 Å². The Balaban J connectivity index is 2.52. The number of rotatable bonds is 1. The number of hydrogen-bond donors (Lipinski definition) is 0. The first kappa shape index (κ1) is 9.43. The van der Waals surface area contributed by atoms with Gasteiger partial charge in [0.2, 0.25) is 0 Å². The summed E-state index contributed by atoms with van der Waals surface area (Å²) in [4.78, 5) is 3.75. The van der Waals surface area contributed by atoms with E-state index < -0.39 is 5.82 Å². The molecule has 1 aromatic carbocycles. The summed E-state index contributed by atoms with van der Waals surface area (Å²) >= 11 is 11.2. The predicted octanol–water partition coefficient (Wildman–Crippen LogP) is 3.18. The number of nitrogens with zero attached hydrogens (tertiary/aromatic N) is 2. The minimum Gasteiger partial charge on any atom is -0.333 e. The predicted molar refractivity (Wildman–Crippen MR) is 49.7 cm³/mol. The number of hydrogen-bond acceptors (Lipinski definition) is 3. The summed E-state index contributed by atoms with van der Waals surface area (Å²) in [5.41, 5.74) is 0.451. The number of aromatic nitrogens is 2. The van der Waals surface area contributed by atoms with Crippen LogP contribution in [0.3, 0.4) is 0 Å². The fourth-order valence-corrected chi connectivity index (χ4v) is 1.34. The van der Waals surface area contributed by atoms with Gasteiger partial charge in [-0.05, 0) is 35.0 Å². The van der Waals surface area contributed by atoms with Gasteiger partial charge in [0.05, 0.1) is 10.6 Å². The Bertz CT molecular complexity index is 472. The maximum Gasteiger partial charge on any atom is 0.264 e. The van der Waals surface area contributed by atoms with Crippen molar-refractivity contribution in [3.05, 3.63) is 34.3 Å². The number of benzene rings is 1. The van der Waals surface area contributed by atoms with Crippen LogP contribution in [0.4, 0.5) is 4.39 Å². The van der Waals surface area contributed by atoms with Crippen molar-refractivity contribution in [3.63, 3.8) is 0 Å². The molecule has 1 heterocycles. The van der Waals surface area contributed by atoms with Gasteiger partial charge in [-0.2, -0.15) is 4.98 Å². The highest BCUT2D eigenvalue weighted by atomic mass is 35.5. The zero-order valence-corrected chi connectivity index (χ0v) is 8.18. The first-order valence-corrected chi connectivity index (χ1v) is 4.37. The largest absolute Gasteiger partial charge is 0.333 e. The summed E-state index contributed by atoms with van der Waals surface area (Å²) in [6, 6.07) is 3.86. The van der Waals surface area contributed by atoms with Gasteiger partial charge in [-0.3, -0.25) is 0 Å². The third-order valence-corrected chi connectivity index (χ3v) is 2.03. The van der Waals surface area contributed by atoms with Crippen LogP contribution in [-0.4, -0.2) is 10.1 Å². The molecule has 72 valence electrons. The lowest BCUT2D eigenvalue weighted by molar-refractivity contribution is 0.430. The quantitative estimate of drug-likeness (QED) is 0.759. The molecule has 6 heteroatoms. The molecule has 0 saturated heterocycles. The second-order valence-electron chi connectivity index (χ2n) is 2.49. The van der Waals surface area contributed by atoms with Crippen molar-refractivity contribution < 1.29 is 8.91 Å². The van der Waals surface area contributed by atoms with Crippen LogP contribution < -0.4 is 0 Å². The Morgan fingerprint density at radius 2 is 2.07 bits per heavy atom. The molecule has 0 saturated carbocycles. The van der Waals surface area contributed by atoms with E-state index in [1.807, 2.05) is 0 Å². The van der Waals surface area contributed by atoms with Crippen molar-refractivity contribution in [2.45, 2.75) is 0 Å². The molecule has 1 aromatic heterocycles. The third-order valence-electron chi connectivity index (χ3n) is 1.56. The van der Waals surface area contributed by atoms with E-state index in [2.05, 4.69) is 10.1 Å². The van der Waals surface area contributed by atoms with E-state index in [1.54, 1.807) is 0 Å². The van der Waals surface area contributed by atoms with Gasteiger partial charge < -0.3 is 4.52 Å². The molecule has 0 unspecified atom stereocenters. The zero-order chi connectivity index (χ0) is 10.1. The molecule has 0 N–H and O–H groups in total. The molecule has 0 radical (unpaired) electrons. The van der Waals surface area contributed by atoms with Crippen molar-refractivity contribution in [1.29, 1.82) is 0 Å². The van der Waals surface area contributed by atoms with Crippen molar-refractivity contribution >= 4 is 23.2 Å². The molecule has 2 rings (SSSR count). The van der Waals surface area contributed by atoms with E-state index in [0.717, 1.165) is 6.07 Å². The molecule has 0 aliphatic heterocycles. The normalized spacial score (nSPS) is 10.5. The highest BCUT2D eigenvalue weighted by molar-refractivity contribution is 6.33. The average molecular weight is 233 g/mol. The topological polar surface area (TPSA) is 38.9 Å². The maximum atomic E-state index is 12.7. The molecule has 14 heavy (non-hydrogen) atoms. The van der Waals surface area contributed by atoms with Crippen LogP contribution >= 0.6 is 23.2 Å². The zero-order valence-electron chi connectivity index (χ0n) is 6.67. The second-order valence-corrected chi connectivity index (χ2v) is 3.24. The third kappa shape index (κ3) is 1.71. The van der Waals surface area contributed by atoms with Crippen LogP contribution in [0.2, 0.25) is 10.3 Å². The van der Waals surface area contributed by atoms with Crippen molar-refractivity contribution in [2.75, 3.05) is 0 Å². The standard InChI is InChI=1S/C8H3Cl2FN2O/c9-6-3-4(11)1-2-5(6)7-12-8(10)13-14-7/h1-3H. The average Bonchev–Trinajstić information content (AvgIpc) is 2.51. The van der Waals surface area contributed by atoms with E-state index in [9.17, 15) is 4.39 Å². The Hall–Kier alpha value is -1.13. The summed E-state index contributed by atoms with van der Waals surface area (Å²) < 4.78 is 17.5. The van der Waals surface area contributed by atoms with Crippen molar-refractivity contribution in [2.24, 2.45) is 0 Å². The molecule has 0 bridgehead atoms. The Morgan fingerprint density at radius 3 is 2.64 bits per heavy atom. The van der Waals surface area contributed by atoms with Crippen LogP contribution in [0.5, 0.6) is 0 Å².